The number of ketones is 1. The molecule has 0 amide bonds. The lowest BCUT2D eigenvalue weighted by atomic mass is 10.1. The molecule has 0 N–H and O–H groups in total. The van der Waals surface area contributed by atoms with Crippen LogP contribution in [0, 0.1) is 13.8 Å². The van der Waals surface area contributed by atoms with Crippen molar-refractivity contribution in [3.63, 3.8) is 0 Å². The Hall–Kier alpha value is -2.21. The molecule has 1 fully saturated rings. The van der Waals surface area contributed by atoms with Crippen molar-refractivity contribution in [2.75, 3.05) is 12.4 Å². The number of hydrogen-bond acceptors (Lipinski definition) is 4. The van der Waals surface area contributed by atoms with E-state index in [1.54, 1.807) is 31.2 Å². The van der Waals surface area contributed by atoms with Crippen LogP contribution in [-0.2, 0) is 15.5 Å². The Balaban J connectivity index is 1.72. The van der Waals surface area contributed by atoms with Crippen LogP contribution in [0.5, 0.6) is 0 Å². The van der Waals surface area contributed by atoms with Crippen LogP contribution in [0.25, 0.3) is 0 Å². The average molecular weight is 373 g/mol. The monoisotopic (exact) mass is 373 g/mol. The normalized spacial score (nSPS) is 14.9. The molecule has 138 valence electrons. The number of nitrogens with zero attached hydrogens (tertiary/aromatic N) is 1. The minimum absolute atomic E-state index is 0.215. The van der Waals surface area contributed by atoms with Gasteiger partial charge in [0.1, 0.15) is 0 Å². The van der Waals surface area contributed by atoms with Crippen molar-refractivity contribution >= 4 is 22.6 Å². The lowest BCUT2D eigenvalue weighted by molar-refractivity contribution is 0.0471. The van der Waals surface area contributed by atoms with Gasteiger partial charge >= 0.3 is 5.97 Å². The maximum atomic E-state index is 12.5. The Kier molecular flexibility index (Phi) is 5.41. The highest BCUT2D eigenvalue weighted by molar-refractivity contribution is 7.85. The quantitative estimate of drug-likeness (QED) is 0.549. The summed E-state index contributed by atoms with van der Waals surface area (Å²) in [6.07, 6.45) is 2.29. The maximum absolute atomic E-state index is 12.5. The zero-order valence-corrected chi connectivity index (χ0v) is 16.1. The third-order valence-electron chi connectivity index (χ3n) is 4.65. The van der Waals surface area contributed by atoms with Crippen LogP contribution < -0.4 is 0 Å². The lowest BCUT2D eigenvalue weighted by Gasteiger charge is -2.09. The Morgan fingerprint density at radius 2 is 1.88 bits per heavy atom. The third kappa shape index (κ3) is 3.65. The summed E-state index contributed by atoms with van der Waals surface area (Å²) in [6.45, 7) is 5.39. The molecule has 1 aliphatic carbocycles. The molecule has 1 aromatic heterocycles. The molecule has 0 bridgehead atoms. The average Bonchev–Trinajstić information content (AvgIpc) is 3.43. The summed E-state index contributed by atoms with van der Waals surface area (Å²) in [5.41, 5.74) is 2.85. The molecule has 1 heterocycles. The number of aryl methyl sites for hydroxylation is 1. The molecular formula is C20H23NO4S. The van der Waals surface area contributed by atoms with E-state index in [1.807, 2.05) is 19.9 Å². The first-order valence-electron chi connectivity index (χ1n) is 8.80. The van der Waals surface area contributed by atoms with Crippen molar-refractivity contribution in [3.05, 3.63) is 52.8 Å². The number of Topliss-reactive ketones (excluding diaryl/α,β-unsaturated/α-hetero) is 1. The summed E-state index contributed by atoms with van der Waals surface area (Å²) in [7, 11) is -1.26. The topological polar surface area (TPSA) is 65.4 Å². The van der Waals surface area contributed by atoms with Crippen LogP contribution in [-0.4, -0.2) is 32.9 Å². The zero-order valence-electron chi connectivity index (χ0n) is 15.3. The van der Waals surface area contributed by atoms with Crippen molar-refractivity contribution in [1.29, 1.82) is 0 Å². The highest BCUT2D eigenvalue weighted by Gasteiger charge is 2.28. The van der Waals surface area contributed by atoms with E-state index in [4.69, 9.17) is 4.74 Å². The molecule has 2 aromatic rings. The first-order valence-corrected chi connectivity index (χ1v) is 10.1. The van der Waals surface area contributed by atoms with E-state index in [1.165, 1.54) is 0 Å². The largest absolute Gasteiger partial charge is 0.454 e. The van der Waals surface area contributed by atoms with Crippen LogP contribution >= 0.6 is 0 Å². The maximum Gasteiger partial charge on any atom is 0.339 e. The van der Waals surface area contributed by atoms with Crippen LogP contribution in [0.3, 0.4) is 0 Å². The SMILES string of the molecule is CC[S@](=O)c1ccccc1C(=O)OCC(=O)c1cc(C)n(C2CC2)c1C. The Morgan fingerprint density at radius 1 is 1.19 bits per heavy atom. The predicted molar refractivity (Wildman–Crippen MR) is 100 cm³/mol. The number of carbonyl (C=O) groups excluding carboxylic acids is 2. The molecule has 6 heteroatoms. The fraction of sp³-hybridized carbons (Fsp3) is 0.400. The minimum Gasteiger partial charge on any atom is -0.454 e. The zero-order chi connectivity index (χ0) is 18.8. The van der Waals surface area contributed by atoms with Gasteiger partial charge in [-0.3, -0.25) is 9.00 Å². The van der Waals surface area contributed by atoms with Gasteiger partial charge in [-0.15, -0.1) is 0 Å². The van der Waals surface area contributed by atoms with Gasteiger partial charge in [-0.05, 0) is 44.9 Å². The second kappa shape index (κ2) is 7.58. The lowest BCUT2D eigenvalue weighted by Crippen LogP contribution is -2.16. The summed E-state index contributed by atoms with van der Waals surface area (Å²) < 4.78 is 19.5. The number of carbonyl (C=O) groups is 2. The van der Waals surface area contributed by atoms with E-state index in [0.717, 1.165) is 24.2 Å². The van der Waals surface area contributed by atoms with Gasteiger partial charge in [0.05, 0.1) is 21.3 Å². The summed E-state index contributed by atoms with van der Waals surface area (Å²) in [6, 6.07) is 9.02. The van der Waals surface area contributed by atoms with E-state index in [0.29, 0.717) is 22.3 Å². The van der Waals surface area contributed by atoms with E-state index < -0.39 is 16.8 Å². The number of esters is 1. The van der Waals surface area contributed by atoms with Crippen molar-refractivity contribution in [1.82, 2.24) is 4.57 Å². The molecule has 1 atom stereocenters. The van der Waals surface area contributed by atoms with Crippen molar-refractivity contribution < 1.29 is 18.5 Å². The fourth-order valence-corrected chi connectivity index (χ4v) is 4.17. The Morgan fingerprint density at radius 3 is 2.54 bits per heavy atom. The van der Waals surface area contributed by atoms with Crippen LogP contribution in [0.4, 0.5) is 0 Å². The van der Waals surface area contributed by atoms with E-state index in [-0.39, 0.29) is 18.0 Å². The first-order chi connectivity index (χ1) is 12.4. The highest BCUT2D eigenvalue weighted by atomic mass is 32.2. The van der Waals surface area contributed by atoms with Crippen molar-refractivity contribution in [2.45, 2.75) is 44.6 Å². The molecule has 0 saturated heterocycles. The predicted octanol–water partition coefficient (Wildman–Crippen LogP) is 3.61. The number of hydrogen-bond donors (Lipinski definition) is 0. The number of benzene rings is 1. The molecule has 0 radical (unpaired) electrons. The minimum atomic E-state index is -1.26. The summed E-state index contributed by atoms with van der Waals surface area (Å²) in [5.74, 6) is -0.421. The van der Waals surface area contributed by atoms with Crippen LogP contribution in [0.1, 0.15) is 57.9 Å². The fourth-order valence-electron chi connectivity index (χ4n) is 3.23. The molecule has 1 aliphatic rings. The molecule has 1 saturated carbocycles. The number of ether oxygens (including phenoxy) is 1. The van der Waals surface area contributed by atoms with Gasteiger partial charge < -0.3 is 9.30 Å². The Bertz CT molecular complexity index is 880. The first kappa shape index (κ1) is 18.6. The van der Waals surface area contributed by atoms with Gasteiger partial charge in [0, 0.05) is 28.7 Å². The van der Waals surface area contributed by atoms with Gasteiger partial charge in [-0.25, -0.2) is 4.79 Å². The molecule has 1 aromatic carbocycles. The van der Waals surface area contributed by atoms with E-state index in [2.05, 4.69) is 4.57 Å². The van der Waals surface area contributed by atoms with Crippen LogP contribution in [0.2, 0.25) is 0 Å². The molecule has 5 nitrogen and oxygen atoms in total. The smallest absolute Gasteiger partial charge is 0.339 e. The van der Waals surface area contributed by atoms with Crippen molar-refractivity contribution in [2.24, 2.45) is 0 Å². The summed E-state index contributed by atoms with van der Waals surface area (Å²) in [5, 5.41) is 0. The van der Waals surface area contributed by atoms with Gasteiger partial charge in [-0.1, -0.05) is 19.1 Å². The number of rotatable bonds is 7. The molecule has 0 unspecified atom stereocenters. The molecule has 0 aliphatic heterocycles. The molecule has 3 rings (SSSR count). The standard InChI is InChI=1S/C20H23NO4S/c1-4-26(24)19-8-6-5-7-16(19)20(23)25-12-18(22)17-11-13(2)21(14(17)3)15-9-10-15/h5-8,11,15H,4,9-10,12H2,1-3H3/t26-/m0/s1. The van der Waals surface area contributed by atoms with Gasteiger partial charge in [0.25, 0.3) is 0 Å². The van der Waals surface area contributed by atoms with Gasteiger partial charge in [-0.2, -0.15) is 0 Å². The van der Waals surface area contributed by atoms with Gasteiger partial charge in [0.15, 0.2) is 6.61 Å². The van der Waals surface area contributed by atoms with E-state index in [9.17, 15) is 13.8 Å². The van der Waals surface area contributed by atoms with Crippen LogP contribution in [0.15, 0.2) is 35.2 Å². The molecular weight excluding hydrogens is 350 g/mol. The summed E-state index contributed by atoms with van der Waals surface area (Å²) in [4.78, 5) is 25.4. The van der Waals surface area contributed by atoms with E-state index >= 15 is 0 Å². The highest BCUT2D eigenvalue weighted by Crippen LogP contribution is 2.38. The second-order valence-corrected chi connectivity index (χ2v) is 8.22. The number of aromatic nitrogens is 1. The van der Waals surface area contributed by atoms with Crippen molar-refractivity contribution in [3.8, 4) is 0 Å². The molecule has 26 heavy (non-hydrogen) atoms. The summed E-state index contributed by atoms with van der Waals surface area (Å²) >= 11 is 0. The third-order valence-corrected chi connectivity index (χ3v) is 6.02. The Labute approximate surface area is 155 Å². The second-order valence-electron chi connectivity index (χ2n) is 6.52. The molecule has 0 spiro atoms. The van der Waals surface area contributed by atoms with Gasteiger partial charge in [0.2, 0.25) is 5.78 Å².